The van der Waals surface area contributed by atoms with E-state index in [-0.39, 0.29) is 41.1 Å². The molecule has 4 aromatic rings. The van der Waals surface area contributed by atoms with E-state index in [4.69, 9.17) is 5.10 Å². The molecule has 1 aliphatic heterocycles. The second-order valence-electron chi connectivity index (χ2n) is 10.1. The first-order valence-electron chi connectivity index (χ1n) is 13.4. The van der Waals surface area contributed by atoms with Gasteiger partial charge in [-0.25, -0.2) is 5.01 Å². The fraction of sp³-hybridized carbons (Fsp3) is 0.233. The Morgan fingerprint density at radius 3 is 2.49 bits per heavy atom. The van der Waals surface area contributed by atoms with Gasteiger partial charge in [-0.15, -0.1) is 10.2 Å². The minimum Gasteiger partial charge on any atom is -0.345 e. The Morgan fingerprint density at radius 1 is 1.07 bits per heavy atom. The zero-order valence-electron chi connectivity index (χ0n) is 23.7. The van der Waals surface area contributed by atoms with Gasteiger partial charge in [0.25, 0.3) is 17.5 Å². The minimum atomic E-state index is -0.516. The third-order valence-corrected chi connectivity index (χ3v) is 8.74. The number of hydrogen-bond donors (Lipinski definition) is 1. The fourth-order valence-corrected chi connectivity index (χ4v) is 5.79. The van der Waals surface area contributed by atoms with E-state index in [2.05, 4.69) is 31.4 Å². The number of thioether (sulfide) groups is 1. The molecule has 0 saturated heterocycles. The highest BCUT2D eigenvalue weighted by atomic mass is 79.9. The number of amides is 2. The zero-order valence-corrected chi connectivity index (χ0v) is 26.1. The third kappa shape index (κ3) is 6.67. The van der Waals surface area contributed by atoms with Crippen molar-refractivity contribution < 1.29 is 14.5 Å². The molecule has 1 atom stereocenters. The van der Waals surface area contributed by atoms with Crippen LogP contribution in [0.15, 0.2) is 81.5 Å². The largest absolute Gasteiger partial charge is 0.345 e. The number of aromatic nitrogens is 3. The van der Waals surface area contributed by atoms with Gasteiger partial charge < -0.3 is 9.88 Å². The van der Waals surface area contributed by atoms with Gasteiger partial charge in [-0.2, -0.15) is 5.10 Å². The maximum absolute atomic E-state index is 13.5. The van der Waals surface area contributed by atoms with Crippen LogP contribution in [0.2, 0.25) is 0 Å². The minimum absolute atomic E-state index is 0.0570. The maximum Gasteiger partial charge on any atom is 0.273 e. The zero-order chi connectivity index (χ0) is 30.7. The van der Waals surface area contributed by atoms with Crippen LogP contribution in [0, 0.1) is 24.0 Å². The van der Waals surface area contributed by atoms with Gasteiger partial charge in [-0.05, 0) is 43.2 Å². The Hall–Kier alpha value is -4.36. The summed E-state index contributed by atoms with van der Waals surface area (Å²) in [5.41, 5.74) is 4.33. The number of nitro groups is 1. The van der Waals surface area contributed by atoms with Crippen molar-refractivity contribution in [1.29, 1.82) is 0 Å². The molecule has 0 fully saturated rings. The van der Waals surface area contributed by atoms with E-state index in [1.165, 1.54) is 36.9 Å². The van der Waals surface area contributed by atoms with E-state index in [0.29, 0.717) is 17.4 Å². The number of rotatable bonds is 9. The molecular formula is C30H28BrN7O4S. The number of aryl methyl sites for hydroxylation is 1. The lowest BCUT2D eigenvalue weighted by atomic mass is 9.98. The van der Waals surface area contributed by atoms with Crippen molar-refractivity contribution in [3.8, 4) is 0 Å². The lowest BCUT2D eigenvalue weighted by molar-refractivity contribution is -0.385. The summed E-state index contributed by atoms with van der Waals surface area (Å²) >= 11 is 4.70. The van der Waals surface area contributed by atoms with E-state index in [0.717, 1.165) is 26.9 Å². The van der Waals surface area contributed by atoms with Gasteiger partial charge in [0.1, 0.15) is 0 Å². The molecule has 2 amide bonds. The molecule has 1 N–H and O–H groups in total. The van der Waals surface area contributed by atoms with Crippen LogP contribution in [0.4, 0.5) is 5.69 Å². The number of halogens is 1. The van der Waals surface area contributed by atoms with Gasteiger partial charge in [-0.3, -0.25) is 19.7 Å². The molecule has 2 heterocycles. The van der Waals surface area contributed by atoms with Crippen LogP contribution in [0.25, 0.3) is 0 Å². The number of hydrazone groups is 1. The summed E-state index contributed by atoms with van der Waals surface area (Å²) in [6.45, 7) is 3.62. The van der Waals surface area contributed by atoms with Gasteiger partial charge in [-0.1, -0.05) is 75.7 Å². The quantitative estimate of drug-likeness (QED) is 0.142. The standard InChI is InChI=1S/C30H28BrN7O4S/c1-18-7-9-21(10-8-18)26-15-24(20-11-13-22(31)14-12-20)35-37(26)28(39)17-43-30-34-33-27(36(30)3)16-32-29(40)23-5-4-6-25(19(23)2)38(41)42/h4-14,26H,15-17H2,1-3H3,(H,32,40)/t26-/m0/s1. The van der Waals surface area contributed by atoms with Crippen molar-refractivity contribution in [2.45, 2.75) is 38.0 Å². The topological polar surface area (TPSA) is 136 Å². The lowest BCUT2D eigenvalue weighted by Gasteiger charge is -2.22. The molecule has 0 aliphatic carbocycles. The number of benzene rings is 3. The number of hydrogen-bond acceptors (Lipinski definition) is 8. The second-order valence-corrected chi connectivity index (χ2v) is 11.9. The molecule has 3 aromatic carbocycles. The Morgan fingerprint density at radius 2 is 1.79 bits per heavy atom. The van der Waals surface area contributed by atoms with Crippen LogP contribution in [0.5, 0.6) is 0 Å². The maximum atomic E-state index is 13.5. The third-order valence-electron chi connectivity index (χ3n) is 7.21. The molecule has 0 spiro atoms. The first-order valence-corrected chi connectivity index (χ1v) is 15.2. The highest BCUT2D eigenvalue weighted by Crippen LogP contribution is 2.34. The van der Waals surface area contributed by atoms with E-state index < -0.39 is 10.8 Å². The monoisotopic (exact) mass is 661 g/mol. The molecule has 13 heteroatoms. The smallest absolute Gasteiger partial charge is 0.273 e. The summed E-state index contributed by atoms with van der Waals surface area (Å²) in [6.07, 6.45) is 0.596. The molecule has 11 nitrogen and oxygen atoms in total. The van der Waals surface area contributed by atoms with Crippen molar-refractivity contribution in [2.75, 3.05) is 5.75 Å². The summed E-state index contributed by atoms with van der Waals surface area (Å²) in [4.78, 5) is 37.0. The molecule has 5 rings (SSSR count). The average molecular weight is 663 g/mol. The molecule has 0 bridgehead atoms. The normalized spacial score (nSPS) is 14.5. The molecule has 1 aliphatic rings. The number of nitrogens with one attached hydrogen (secondary N) is 1. The van der Waals surface area contributed by atoms with Gasteiger partial charge in [0.15, 0.2) is 11.0 Å². The summed E-state index contributed by atoms with van der Waals surface area (Å²) in [5, 5.41) is 29.2. The molecule has 220 valence electrons. The fourth-order valence-electron chi connectivity index (χ4n) is 4.74. The number of nitrogens with zero attached hydrogens (tertiary/aromatic N) is 6. The van der Waals surface area contributed by atoms with Crippen molar-refractivity contribution in [3.63, 3.8) is 0 Å². The molecule has 0 radical (unpaired) electrons. The van der Waals surface area contributed by atoms with Crippen molar-refractivity contribution >= 4 is 50.9 Å². The molecule has 1 aromatic heterocycles. The van der Waals surface area contributed by atoms with Crippen LogP contribution in [0.1, 0.15) is 50.9 Å². The first kappa shape index (κ1) is 30.1. The Balaban J connectivity index is 1.26. The predicted octanol–water partition coefficient (Wildman–Crippen LogP) is 5.50. The molecule has 0 unspecified atom stereocenters. The van der Waals surface area contributed by atoms with E-state index in [1.54, 1.807) is 16.6 Å². The van der Waals surface area contributed by atoms with E-state index in [9.17, 15) is 19.7 Å². The first-order chi connectivity index (χ1) is 20.6. The summed E-state index contributed by atoms with van der Waals surface area (Å²) in [5.74, 6) is -0.0588. The number of carbonyl (C=O) groups is 2. The van der Waals surface area contributed by atoms with E-state index in [1.807, 2.05) is 55.5 Å². The van der Waals surface area contributed by atoms with E-state index >= 15 is 0 Å². The van der Waals surface area contributed by atoms with Crippen LogP contribution >= 0.6 is 27.7 Å². The van der Waals surface area contributed by atoms with Crippen LogP contribution in [-0.2, 0) is 18.4 Å². The Kier molecular flexibility index (Phi) is 9.02. The summed E-state index contributed by atoms with van der Waals surface area (Å²) in [6, 6.07) is 20.2. The van der Waals surface area contributed by atoms with Gasteiger partial charge >= 0.3 is 0 Å². The second kappa shape index (κ2) is 12.9. The van der Waals surface area contributed by atoms with Crippen molar-refractivity contribution in [1.82, 2.24) is 25.1 Å². The van der Waals surface area contributed by atoms with Gasteiger partial charge in [0, 0.05) is 35.1 Å². The average Bonchev–Trinajstić information content (AvgIpc) is 3.59. The van der Waals surface area contributed by atoms with Gasteiger partial charge in [0.2, 0.25) is 0 Å². The highest BCUT2D eigenvalue weighted by molar-refractivity contribution is 9.10. The van der Waals surface area contributed by atoms with Gasteiger partial charge in [0.05, 0.1) is 29.0 Å². The van der Waals surface area contributed by atoms with Crippen LogP contribution in [-0.4, -0.2) is 48.0 Å². The molecule has 0 saturated carbocycles. The molecular weight excluding hydrogens is 634 g/mol. The predicted molar refractivity (Wildman–Crippen MR) is 167 cm³/mol. The van der Waals surface area contributed by atoms with Crippen molar-refractivity contribution in [3.05, 3.63) is 115 Å². The summed E-state index contributed by atoms with van der Waals surface area (Å²) < 4.78 is 2.67. The SMILES string of the molecule is Cc1ccc([C@@H]2CC(c3ccc(Br)cc3)=NN2C(=O)CSc2nnc(CNC(=O)c3cccc([N+](=O)[O-])c3C)n2C)cc1. The number of carbonyl (C=O) groups excluding carboxylic acids is 2. The summed E-state index contributed by atoms with van der Waals surface area (Å²) in [7, 11) is 1.75. The van der Waals surface area contributed by atoms with Crippen LogP contribution < -0.4 is 5.32 Å². The van der Waals surface area contributed by atoms with Crippen molar-refractivity contribution in [2.24, 2.45) is 12.1 Å². The Bertz CT molecular complexity index is 1720. The molecule has 43 heavy (non-hydrogen) atoms. The van der Waals surface area contributed by atoms with Crippen LogP contribution in [0.3, 0.4) is 0 Å². The lowest BCUT2D eigenvalue weighted by Crippen LogP contribution is -2.28. The Labute approximate surface area is 260 Å². The number of nitro benzene ring substituents is 1. The highest BCUT2D eigenvalue weighted by Gasteiger charge is 2.33.